The van der Waals surface area contributed by atoms with Crippen molar-refractivity contribution in [2.75, 3.05) is 20.6 Å². The SMILES string of the molecule is [CH2-]CN(C)C.[O-2].[Zn+2]. The molecule has 0 N–H and O–H groups in total. The van der Waals surface area contributed by atoms with E-state index in [1.807, 2.05) is 19.0 Å². The Morgan fingerprint density at radius 2 is 1.57 bits per heavy atom. The van der Waals surface area contributed by atoms with Crippen molar-refractivity contribution in [1.29, 1.82) is 0 Å². The zero-order valence-electron chi connectivity index (χ0n) is 4.98. The van der Waals surface area contributed by atoms with Crippen LogP contribution in [0.15, 0.2) is 0 Å². The molecule has 0 bridgehead atoms. The average molecular weight is 154 g/mol. The minimum Gasteiger partial charge on any atom is -2.00 e. The molecule has 0 amide bonds. The van der Waals surface area contributed by atoms with Gasteiger partial charge < -0.3 is 17.3 Å². The molecule has 0 unspecified atom stereocenters. The summed E-state index contributed by atoms with van der Waals surface area (Å²) in [6.07, 6.45) is 0. The minimum atomic E-state index is 0. The van der Waals surface area contributed by atoms with Gasteiger partial charge in [-0.2, -0.15) is 0 Å². The van der Waals surface area contributed by atoms with E-state index in [4.69, 9.17) is 0 Å². The van der Waals surface area contributed by atoms with Gasteiger partial charge in [-0.05, 0) is 14.1 Å². The van der Waals surface area contributed by atoms with E-state index in [0.29, 0.717) is 0 Å². The van der Waals surface area contributed by atoms with Crippen LogP contribution in [0.1, 0.15) is 0 Å². The molecule has 0 atom stereocenters. The van der Waals surface area contributed by atoms with E-state index >= 15 is 0 Å². The van der Waals surface area contributed by atoms with E-state index in [1.165, 1.54) is 0 Å². The summed E-state index contributed by atoms with van der Waals surface area (Å²) >= 11 is 0. The van der Waals surface area contributed by atoms with Crippen LogP contribution in [0.2, 0.25) is 0 Å². The second-order valence-corrected chi connectivity index (χ2v) is 1.30. The van der Waals surface area contributed by atoms with E-state index in [-0.39, 0.29) is 25.0 Å². The summed E-state index contributed by atoms with van der Waals surface area (Å²) in [7, 11) is 3.99. The van der Waals surface area contributed by atoms with Crippen LogP contribution < -0.4 is 0 Å². The van der Waals surface area contributed by atoms with Crippen LogP contribution in [0.5, 0.6) is 0 Å². The standard InChI is InChI=1S/C4H10N.O.Zn/c1-4-5(2)3;;/h1,4H2,2-3H3;;/q-1;-2;+2. The van der Waals surface area contributed by atoms with Crippen molar-refractivity contribution >= 4 is 0 Å². The Morgan fingerprint density at radius 1 is 1.43 bits per heavy atom. The van der Waals surface area contributed by atoms with E-state index in [0.717, 1.165) is 6.54 Å². The van der Waals surface area contributed by atoms with Gasteiger partial charge in [0.05, 0.1) is 0 Å². The van der Waals surface area contributed by atoms with Crippen molar-refractivity contribution in [2.45, 2.75) is 0 Å². The number of hydrogen-bond acceptors (Lipinski definition) is 1. The van der Waals surface area contributed by atoms with Crippen LogP contribution in [0.25, 0.3) is 0 Å². The van der Waals surface area contributed by atoms with Crippen molar-refractivity contribution in [3.63, 3.8) is 0 Å². The smallest absolute Gasteiger partial charge is 2.00 e. The van der Waals surface area contributed by atoms with Gasteiger partial charge in [-0.25, -0.2) is 0 Å². The molecule has 0 aromatic rings. The molecule has 0 radical (unpaired) electrons. The van der Waals surface area contributed by atoms with Crippen LogP contribution in [-0.4, -0.2) is 25.5 Å². The first kappa shape index (κ1) is 15.6. The maximum atomic E-state index is 3.61. The first-order chi connectivity index (χ1) is 2.27. The van der Waals surface area contributed by atoms with Gasteiger partial charge in [0.25, 0.3) is 0 Å². The zero-order valence-corrected chi connectivity index (χ0v) is 7.94. The fourth-order valence-electron chi connectivity index (χ4n) is 0. The van der Waals surface area contributed by atoms with E-state index in [9.17, 15) is 0 Å². The molecule has 0 aliphatic heterocycles. The molecule has 0 saturated carbocycles. The normalized spacial score (nSPS) is 6.86. The van der Waals surface area contributed by atoms with E-state index in [1.54, 1.807) is 0 Å². The molecule has 0 aromatic carbocycles. The quantitative estimate of drug-likeness (QED) is 0.393. The molecule has 0 saturated heterocycles. The average Bonchev–Trinajstić information content (AvgIpc) is 1.38. The topological polar surface area (TPSA) is 31.7 Å². The summed E-state index contributed by atoms with van der Waals surface area (Å²) in [4.78, 5) is 2.01. The second-order valence-electron chi connectivity index (χ2n) is 1.30. The molecular weight excluding hydrogens is 143 g/mol. The van der Waals surface area contributed by atoms with Crippen LogP contribution >= 0.6 is 0 Å². The molecular formula is C4H10NOZn-. The Labute approximate surface area is 58.0 Å². The summed E-state index contributed by atoms with van der Waals surface area (Å²) in [5.74, 6) is 0. The molecule has 0 aliphatic rings. The number of rotatable bonds is 1. The largest absolute Gasteiger partial charge is 2.00 e. The van der Waals surface area contributed by atoms with Gasteiger partial charge in [-0.15, -0.1) is 6.54 Å². The fraction of sp³-hybridized carbons (Fsp3) is 0.750. The van der Waals surface area contributed by atoms with Gasteiger partial charge in [0.2, 0.25) is 0 Å². The summed E-state index contributed by atoms with van der Waals surface area (Å²) in [5, 5.41) is 0. The molecule has 0 heterocycles. The van der Waals surface area contributed by atoms with Crippen LogP contribution in [0.4, 0.5) is 0 Å². The summed E-state index contributed by atoms with van der Waals surface area (Å²) < 4.78 is 0. The van der Waals surface area contributed by atoms with Gasteiger partial charge in [-0.1, -0.05) is 0 Å². The molecule has 0 rings (SSSR count). The third-order valence-electron chi connectivity index (χ3n) is 0.447. The molecule has 0 aliphatic carbocycles. The molecule has 0 fully saturated rings. The molecule has 0 spiro atoms. The fourth-order valence-corrected chi connectivity index (χ4v) is 0. The first-order valence-corrected chi connectivity index (χ1v) is 1.71. The molecule has 7 heavy (non-hydrogen) atoms. The van der Waals surface area contributed by atoms with E-state index in [2.05, 4.69) is 6.92 Å². The van der Waals surface area contributed by atoms with Crippen LogP contribution in [0, 0.1) is 6.92 Å². The van der Waals surface area contributed by atoms with Crippen molar-refractivity contribution in [1.82, 2.24) is 4.90 Å². The van der Waals surface area contributed by atoms with Gasteiger partial charge in [0, 0.05) is 0 Å². The Bertz CT molecular complexity index is 25.7. The number of nitrogens with zero attached hydrogens (tertiary/aromatic N) is 1. The molecule has 0 aromatic heterocycles. The van der Waals surface area contributed by atoms with Crippen molar-refractivity contribution < 1.29 is 25.0 Å². The maximum Gasteiger partial charge on any atom is 2.00 e. The zero-order chi connectivity index (χ0) is 4.28. The third-order valence-corrected chi connectivity index (χ3v) is 0.447. The summed E-state index contributed by atoms with van der Waals surface area (Å²) in [6, 6.07) is 0. The van der Waals surface area contributed by atoms with Crippen LogP contribution in [-0.2, 0) is 25.0 Å². The predicted octanol–water partition coefficient (Wildman–Crippen LogP) is 0.261. The van der Waals surface area contributed by atoms with Gasteiger partial charge in [0.1, 0.15) is 0 Å². The maximum absolute atomic E-state index is 3.61. The Morgan fingerprint density at radius 3 is 1.57 bits per heavy atom. The predicted molar refractivity (Wildman–Crippen MR) is 24.6 cm³/mol. The van der Waals surface area contributed by atoms with Gasteiger partial charge >= 0.3 is 19.5 Å². The first-order valence-electron chi connectivity index (χ1n) is 1.71. The van der Waals surface area contributed by atoms with Crippen molar-refractivity contribution in [3.8, 4) is 0 Å². The molecule has 3 heteroatoms. The van der Waals surface area contributed by atoms with Gasteiger partial charge in [0.15, 0.2) is 0 Å². The minimum absolute atomic E-state index is 0. The number of hydrogen-bond donors (Lipinski definition) is 0. The van der Waals surface area contributed by atoms with Crippen molar-refractivity contribution in [3.05, 3.63) is 6.92 Å². The van der Waals surface area contributed by atoms with Gasteiger partial charge in [-0.3, -0.25) is 0 Å². The van der Waals surface area contributed by atoms with Crippen molar-refractivity contribution in [2.24, 2.45) is 0 Å². The van der Waals surface area contributed by atoms with E-state index < -0.39 is 0 Å². The second kappa shape index (κ2) is 9.74. The third kappa shape index (κ3) is 20.9. The Hall–Kier alpha value is 0.543. The monoisotopic (exact) mass is 152 g/mol. The Balaban J connectivity index is -0.0000000800. The summed E-state index contributed by atoms with van der Waals surface area (Å²) in [6.45, 7) is 4.50. The van der Waals surface area contributed by atoms with Crippen LogP contribution in [0.3, 0.4) is 0 Å². The molecule has 40 valence electrons. The molecule has 2 nitrogen and oxygen atoms in total. The summed E-state index contributed by atoms with van der Waals surface area (Å²) in [5.41, 5.74) is 0. The Kier molecular flexibility index (Phi) is 21.8.